The molecule has 0 atom stereocenters. The van der Waals surface area contributed by atoms with Crippen molar-refractivity contribution >= 4 is 28.7 Å². The van der Waals surface area contributed by atoms with Crippen molar-refractivity contribution in [3.8, 4) is 0 Å². The van der Waals surface area contributed by atoms with Gasteiger partial charge in [-0.05, 0) is 31.9 Å². The number of hydrogen-bond donors (Lipinski definition) is 1. The number of nitrogens with zero attached hydrogens (tertiary/aromatic N) is 7. The van der Waals surface area contributed by atoms with Crippen molar-refractivity contribution in [3.05, 3.63) is 36.2 Å². The van der Waals surface area contributed by atoms with Gasteiger partial charge in [-0.3, -0.25) is 19.2 Å². The Morgan fingerprint density at radius 3 is 2.56 bits per heavy atom. The zero-order valence-electron chi connectivity index (χ0n) is 19.6. The molecule has 0 unspecified atom stereocenters. The van der Waals surface area contributed by atoms with Crippen LogP contribution in [0.4, 0.5) is 5.82 Å². The number of furan rings is 1. The molecule has 2 saturated heterocycles. The second-order valence-corrected chi connectivity index (χ2v) is 9.00. The van der Waals surface area contributed by atoms with Crippen LogP contribution in [-0.4, -0.2) is 93.2 Å². The van der Waals surface area contributed by atoms with Gasteiger partial charge in [-0.2, -0.15) is 5.10 Å². The molecule has 3 aromatic rings. The quantitative estimate of drug-likeness (QED) is 0.588. The van der Waals surface area contributed by atoms with Gasteiger partial charge in [0.2, 0.25) is 5.91 Å². The third kappa shape index (κ3) is 4.60. The first-order valence-corrected chi connectivity index (χ1v) is 11.7. The third-order valence-corrected chi connectivity index (χ3v) is 6.69. The van der Waals surface area contributed by atoms with Gasteiger partial charge in [0.1, 0.15) is 17.9 Å². The maximum Gasteiger partial charge on any atom is 0.287 e. The van der Waals surface area contributed by atoms with E-state index in [4.69, 9.17) is 4.42 Å². The number of aromatic nitrogens is 4. The molecular weight excluding hydrogens is 436 g/mol. The molecule has 3 aromatic heterocycles. The van der Waals surface area contributed by atoms with Crippen LogP contribution in [0, 0.1) is 6.92 Å². The van der Waals surface area contributed by atoms with Gasteiger partial charge in [-0.15, -0.1) is 0 Å². The number of carbonyl (C=O) groups excluding carboxylic acids is 2. The van der Waals surface area contributed by atoms with Crippen molar-refractivity contribution in [1.82, 2.24) is 34.9 Å². The zero-order valence-corrected chi connectivity index (χ0v) is 19.6. The number of piperazine rings is 1. The van der Waals surface area contributed by atoms with Crippen molar-refractivity contribution < 1.29 is 14.0 Å². The smallest absolute Gasteiger partial charge is 0.287 e. The maximum absolute atomic E-state index is 12.9. The minimum absolute atomic E-state index is 0.102. The Morgan fingerprint density at radius 1 is 1.09 bits per heavy atom. The number of carbonyl (C=O) groups is 2. The summed E-state index contributed by atoms with van der Waals surface area (Å²) < 4.78 is 7.14. The molecule has 2 amide bonds. The highest BCUT2D eigenvalue weighted by Gasteiger charge is 2.27. The fourth-order valence-corrected chi connectivity index (χ4v) is 4.71. The fourth-order valence-electron chi connectivity index (χ4n) is 4.71. The molecule has 2 fully saturated rings. The van der Waals surface area contributed by atoms with Gasteiger partial charge in [-0.1, -0.05) is 0 Å². The standard InChI is InChI=1S/C23H30N8O3/c1-16-3-4-19(34-16)23(33)27-17-5-7-29(8-6-17)14-20(32)30-9-11-31(12-10-30)22-18-13-26-28(2)21(18)24-15-25-22/h3-4,13,15,17H,5-12,14H2,1-2H3,(H,27,33). The summed E-state index contributed by atoms with van der Waals surface area (Å²) >= 11 is 0. The van der Waals surface area contributed by atoms with E-state index in [0.29, 0.717) is 25.4 Å². The molecule has 0 aliphatic carbocycles. The van der Waals surface area contributed by atoms with Crippen LogP contribution >= 0.6 is 0 Å². The average molecular weight is 467 g/mol. The van der Waals surface area contributed by atoms with Crippen molar-refractivity contribution in [2.75, 3.05) is 50.7 Å². The molecule has 5 rings (SSSR count). The van der Waals surface area contributed by atoms with Gasteiger partial charge in [0.25, 0.3) is 5.91 Å². The van der Waals surface area contributed by atoms with Crippen LogP contribution in [0.25, 0.3) is 11.0 Å². The van der Waals surface area contributed by atoms with Crippen LogP contribution in [0.15, 0.2) is 29.1 Å². The maximum atomic E-state index is 12.9. The Morgan fingerprint density at radius 2 is 1.85 bits per heavy atom. The number of rotatable bonds is 5. The Hall–Kier alpha value is -3.47. The van der Waals surface area contributed by atoms with Gasteiger partial charge < -0.3 is 19.5 Å². The lowest BCUT2D eigenvalue weighted by molar-refractivity contribution is -0.133. The summed E-state index contributed by atoms with van der Waals surface area (Å²) in [6, 6.07) is 3.59. The molecule has 0 radical (unpaired) electrons. The van der Waals surface area contributed by atoms with E-state index < -0.39 is 0 Å². The van der Waals surface area contributed by atoms with Gasteiger partial charge >= 0.3 is 0 Å². The number of hydrogen-bond acceptors (Lipinski definition) is 8. The minimum atomic E-state index is -0.173. The second-order valence-electron chi connectivity index (χ2n) is 9.00. The number of anilines is 1. The molecule has 2 aliphatic rings. The largest absolute Gasteiger partial charge is 0.456 e. The Kier molecular flexibility index (Phi) is 6.18. The van der Waals surface area contributed by atoms with Crippen molar-refractivity contribution in [2.45, 2.75) is 25.8 Å². The van der Waals surface area contributed by atoms with Gasteiger partial charge in [-0.25, -0.2) is 9.97 Å². The summed E-state index contributed by atoms with van der Waals surface area (Å²) in [5.41, 5.74) is 0.808. The lowest BCUT2D eigenvalue weighted by Gasteiger charge is -2.37. The second kappa shape index (κ2) is 9.41. The van der Waals surface area contributed by atoms with Crippen LogP contribution in [-0.2, 0) is 11.8 Å². The number of likely N-dealkylation sites (tertiary alicyclic amines) is 1. The van der Waals surface area contributed by atoms with Crippen molar-refractivity contribution in [1.29, 1.82) is 0 Å². The van der Waals surface area contributed by atoms with E-state index >= 15 is 0 Å². The number of piperidine rings is 1. The summed E-state index contributed by atoms with van der Waals surface area (Å²) in [5, 5.41) is 8.26. The molecule has 2 aliphatic heterocycles. The molecule has 180 valence electrons. The highest BCUT2D eigenvalue weighted by atomic mass is 16.3. The Labute approximate surface area is 197 Å². The van der Waals surface area contributed by atoms with E-state index in [2.05, 4.69) is 30.2 Å². The van der Waals surface area contributed by atoms with Crippen LogP contribution < -0.4 is 10.2 Å². The molecule has 34 heavy (non-hydrogen) atoms. The normalized spacial score (nSPS) is 17.9. The lowest BCUT2D eigenvalue weighted by Crippen LogP contribution is -2.53. The molecule has 5 heterocycles. The Bertz CT molecular complexity index is 1170. The fraction of sp³-hybridized carbons (Fsp3) is 0.522. The van der Waals surface area contributed by atoms with E-state index in [1.165, 1.54) is 0 Å². The topological polar surface area (TPSA) is 113 Å². The predicted molar refractivity (Wildman–Crippen MR) is 125 cm³/mol. The van der Waals surface area contributed by atoms with E-state index in [1.807, 2.05) is 18.9 Å². The number of fused-ring (bicyclic) bond motifs is 1. The van der Waals surface area contributed by atoms with Crippen molar-refractivity contribution in [2.24, 2.45) is 7.05 Å². The molecular formula is C23H30N8O3. The molecule has 11 nitrogen and oxygen atoms in total. The van der Waals surface area contributed by atoms with Crippen LogP contribution in [0.1, 0.15) is 29.2 Å². The molecule has 0 saturated carbocycles. The van der Waals surface area contributed by atoms with E-state index in [-0.39, 0.29) is 17.9 Å². The van der Waals surface area contributed by atoms with Crippen LogP contribution in [0.2, 0.25) is 0 Å². The predicted octanol–water partition coefficient (Wildman–Crippen LogP) is 0.808. The Balaban J connectivity index is 1.08. The summed E-state index contributed by atoms with van der Waals surface area (Å²) in [7, 11) is 1.87. The van der Waals surface area contributed by atoms with Crippen molar-refractivity contribution in [3.63, 3.8) is 0 Å². The lowest BCUT2D eigenvalue weighted by atomic mass is 10.0. The van der Waals surface area contributed by atoms with Crippen LogP contribution in [0.3, 0.4) is 0 Å². The molecule has 1 N–H and O–H groups in total. The first-order valence-electron chi connectivity index (χ1n) is 11.7. The van der Waals surface area contributed by atoms with Crippen LogP contribution in [0.5, 0.6) is 0 Å². The zero-order chi connectivity index (χ0) is 23.7. The summed E-state index contributed by atoms with van der Waals surface area (Å²) in [5.74, 6) is 1.93. The minimum Gasteiger partial charge on any atom is -0.456 e. The molecule has 11 heteroatoms. The summed E-state index contributed by atoms with van der Waals surface area (Å²) in [4.78, 5) is 40.3. The van der Waals surface area contributed by atoms with E-state index in [1.54, 1.807) is 29.3 Å². The number of amides is 2. The van der Waals surface area contributed by atoms with E-state index in [9.17, 15) is 9.59 Å². The number of nitrogens with one attached hydrogen (secondary N) is 1. The number of aryl methyl sites for hydroxylation is 2. The van der Waals surface area contributed by atoms with Gasteiger partial charge in [0, 0.05) is 52.4 Å². The highest BCUT2D eigenvalue weighted by molar-refractivity contribution is 5.91. The first-order chi connectivity index (χ1) is 16.5. The summed E-state index contributed by atoms with van der Waals surface area (Å²) in [6.45, 7) is 6.60. The highest BCUT2D eigenvalue weighted by Crippen LogP contribution is 2.23. The van der Waals surface area contributed by atoms with E-state index in [0.717, 1.165) is 61.6 Å². The van der Waals surface area contributed by atoms with Gasteiger partial charge in [0.15, 0.2) is 11.4 Å². The molecule has 0 bridgehead atoms. The summed E-state index contributed by atoms with van der Waals surface area (Å²) in [6.07, 6.45) is 5.01. The monoisotopic (exact) mass is 466 g/mol. The first kappa shape index (κ1) is 22.3. The molecule has 0 spiro atoms. The average Bonchev–Trinajstić information content (AvgIpc) is 3.46. The van der Waals surface area contributed by atoms with Gasteiger partial charge in [0.05, 0.1) is 18.1 Å². The SMILES string of the molecule is Cc1ccc(C(=O)NC2CCN(CC(=O)N3CCN(c4ncnc5c4cnn5C)CC3)CC2)o1. The molecule has 0 aromatic carbocycles. The third-order valence-electron chi connectivity index (χ3n) is 6.69.